The number of benzene rings is 1. The topological polar surface area (TPSA) is 37.3 Å². The van der Waals surface area contributed by atoms with E-state index in [0.717, 1.165) is 5.56 Å². The molecule has 0 aliphatic rings. The summed E-state index contributed by atoms with van der Waals surface area (Å²) >= 11 is 0. The van der Waals surface area contributed by atoms with Gasteiger partial charge in [-0.2, -0.15) is 0 Å². The van der Waals surface area contributed by atoms with Gasteiger partial charge in [-0.25, -0.2) is 0 Å². The van der Waals surface area contributed by atoms with Crippen molar-refractivity contribution in [2.24, 2.45) is 11.8 Å². The molecular formula is C16H22O2. The van der Waals surface area contributed by atoms with Crippen molar-refractivity contribution in [3.63, 3.8) is 0 Å². The molecule has 1 rings (SSSR count). The van der Waals surface area contributed by atoms with Crippen molar-refractivity contribution >= 4 is 11.9 Å². The van der Waals surface area contributed by atoms with E-state index in [4.69, 9.17) is 0 Å². The number of carbonyl (C=O) groups excluding carboxylic acids is 1. The van der Waals surface area contributed by atoms with Gasteiger partial charge < -0.3 is 5.11 Å². The molecule has 98 valence electrons. The SMILES string of the molecule is CC(=O)c1ccc(O)cc1/C=C(\C)C(C)C(C)C. The molecule has 0 spiro atoms. The molecule has 1 atom stereocenters. The second-order valence-corrected chi connectivity index (χ2v) is 5.25. The van der Waals surface area contributed by atoms with Crippen molar-refractivity contribution in [1.82, 2.24) is 0 Å². The number of rotatable bonds is 4. The minimum Gasteiger partial charge on any atom is -0.508 e. The zero-order chi connectivity index (χ0) is 13.9. The van der Waals surface area contributed by atoms with Gasteiger partial charge in [-0.3, -0.25) is 4.79 Å². The molecule has 2 nitrogen and oxygen atoms in total. The van der Waals surface area contributed by atoms with Gasteiger partial charge in [-0.05, 0) is 49.4 Å². The molecule has 0 aliphatic heterocycles. The average molecular weight is 246 g/mol. The van der Waals surface area contributed by atoms with Gasteiger partial charge in [-0.1, -0.05) is 32.4 Å². The standard InChI is InChI=1S/C16H22O2/c1-10(2)12(4)11(3)8-14-9-15(18)6-7-16(14)13(5)17/h6-10,12,18H,1-5H3/b11-8+. The van der Waals surface area contributed by atoms with E-state index in [-0.39, 0.29) is 11.5 Å². The molecule has 0 aliphatic carbocycles. The number of allylic oxidation sites excluding steroid dienone is 1. The van der Waals surface area contributed by atoms with Crippen LogP contribution in [-0.4, -0.2) is 10.9 Å². The molecule has 2 heteroatoms. The highest BCUT2D eigenvalue weighted by atomic mass is 16.3. The van der Waals surface area contributed by atoms with Crippen LogP contribution in [0.4, 0.5) is 0 Å². The Bertz CT molecular complexity index is 470. The molecule has 0 bridgehead atoms. The molecule has 0 amide bonds. The van der Waals surface area contributed by atoms with Crippen molar-refractivity contribution in [2.45, 2.75) is 34.6 Å². The molecule has 0 fully saturated rings. The molecule has 0 radical (unpaired) electrons. The van der Waals surface area contributed by atoms with Crippen LogP contribution in [-0.2, 0) is 0 Å². The third-order valence-corrected chi connectivity index (χ3v) is 3.52. The zero-order valence-corrected chi connectivity index (χ0v) is 11.8. The lowest BCUT2D eigenvalue weighted by atomic mass is 9.89. The van der Waals surface area contributed by atoms with Crippen LogP contribution in [0.2, 0.25) is 0 Å². The van der Waals surface area contributed by atoms with E-state index < -0.39 is 0 Å². The number of hydrogen-bond acceptors (Lipinski definition) is 2. The number of ketones is 1. The summed E-state index contributed by atoms with van der Waals surface area (Å²) in [6, 6.07) is 4.87. The highest BCUT2D eigenvalue weighted by Gasteiger charge is 2.11. The number of carbonyl (C=O) groups is 1. The molecule has 0 saturated carbocycles. The fourth-order valence-electron chi connectivity index (χ4n) is 1.89. The smallest absolute Gasteiger partial charge is 0.160 e. The van der Waals surface area contributed by atoms with E-state index in [9.17, 15) is 9.90 Å². The Morgan fingerprint density at radius 1 is 1.22 bits per heavy atom. The lowest BCUT2D eigenvalue weighted by molar-refractivity contribution is 0.101. The van der Waals surface area contributed by atoms with E-state index in [0.29, 0.717) is 17.4 Å². The fraction of sp³-hybridized carbons (Fsp3) is 0.438. The number of aromatic hydroxyl groups is 1. The van der Waals surface area contributed by atoms with Crippen LogP contribution in [0.5, 0.6) is 5.75 Å². The third kappa shape index (κ3) is 3.46. The predicted molar refractivity (Wildman–Crippen MR) is 75.8 cm³/mol. The number of Topliss-reactive ketones (excluding diaryl/α,β-unsaturated/α-hetero) is 1. The van der Waals surface area contributed by atoms with Gasteiger partial charge in [0.15, 0.2) is 5.78 Å². The Kier molecular flexibility index (Phi) is 4.71. The Labute approximate surface area is 109 Å². The van der Waals surface area contributed by atoms with E-state index in [2.05, 4.69) is 27.7 Å². The molecule has 1 unspecified atom stereocenters. The largest absolute Gasteiger partial charge is 0.508 e. The summed E-state index contributed by atoms with van der Waals surface area (Å²) < 4.78 is 0. The van der Waals surface area contributed by atoms with Crippen LogP contribution in [0.1, 0.15) is 50.5 Å². The first-order valence-electron chi connectivity index (χ1n) is 6.35. The van der Waals surface area contributed by atoms with Crippen LogP contribution in [0, 0.1) is 11.8 Å². The van der Waals surface area contributed by atoms with Gasteiger partial charge in [0.1, 0.15) is 5.75 Å². The van der Waals surface area contributed by atoms with Gasteiger partial charge in [0.2, 0.25) is 0 Å². The highest BCUT2D eigenvalue weighted by Crippen LogP contribution is 2.25. The van der Waals surface area contributed by atoms with E-state index in [1.165, 1.54) is 5.57 Å². The van der Waals surface area contributed by atoms with Crippen molar-refractivity contribution < 1.29 is 9.90 Å². The first-order chi connectivity index (χ1) is 8.32. The Balaban J connectivity index is 3.20. The fourth-order valence-corrected chi connectivity index (χ4v) is 1.89. The van der Waals surface area contributed by atoms with Gasteiger partial charge >= 0.3 is 0 Å². The molecule has 1 N–H and O–H groups in total. The van der Waals surface area contributed by atoms with E-state index in [1.807, 2.05) is 6.08 Å². The minimum atomic E-state index is 0.0197. The van der Waals surface area contributed by atoms with Gasteiger partial charge in [0.25, 0.3) is 0 Å². The van der Waals surface area contributed by atoms with Crippen molar-refractivity contribution in [1.29, 1.82) is 0 Å². The van der Waals surface area contributed by atoms with Gasteiger partial charge in [0, 0.05) is 5.56 Å². The van der Waals surface area contributed by atoms with Crippen molar-refractivity contribution in [3.8, 4) is 5.75 Å². The molecular weight excluding hydrogens is 224 g/mol. The maximum atomic E-state index is 11.6. The van der Waals surface area contributed by atoms with Crippen molar-refractivity contribution in [2.75, 3.05) is 0 Å². The van der Waals surface area contributed by atoms with Crippen LogP contribution in [0.3, 0.4) is 0 Å². The van der Waals surface area contributed by atoms with Gasteiger partial charge in [-0.15, -0.1) is 0 Å². The minimum absolute atomic E-state index is 0.0197. The Morgan fingerprint density at radius 2 is 1.83 bits per heavy atom. The quantitative estimate of drug-likeness (QED) is 0.805. The first kappa shape index (κ1) is 14.5. The van der Waals surface area contributed by atoms with Gasteiger partial charge in [0.05, 0.1) is 0 Å². The van der Waals surface area contributed by atoms with Crippen molar-refractivity contribution in [3.05, 3.63) is 34.9 Å². The summed E-state index contributed by atoms with van der Waals surface area (Å²) in [7, 11) is 0. The molecule has 1 aromatic rings. The summed E-state index contributed by atoms with van der Waals surface area (Å²) in [6.45, 7) is 10.1. The number of phenolic OH excluding ortho intramolecular Hbond substituents is 1. The highest BCUT2D eigenvalue weighted by molar-refractivity contribution is 5.98. The molecule has 0 saturated heterocycles. The second kappa shape index (κ2) is 5.85. The first-order valence-corrected chi connectivity index (χ1v) is 6.35. The summed E-state index contributed by atoms with van der Waals surface area (Å²) in [5.74, 6) is 1.22. The second-order valence-electron chi connectivity index (χ2n) is 5.25. The Hall–Kier alpha value is -1.57. The average Bonchev–Trinajstić information content (AvgIpc) is 2.27. The molecule has 1 aromatic carbocycles. The Morgan fingerprint density at radius 3 is 2.33 bits per heavy atom. The van der Waals surface area contributed by atoms with Crippen LogP contribution in [0.25, 0.3) is 6.08 Å². The lowest BCUT2D eigenvalue weighted by Crippen LogP contribution is -2.05. The van der Waals surface area contributed by atoms with Crippen LogP contribution < -0.4 is 0 Å². The van der Waals surface area contributed by atoms with Crippen LogP contribution >= 0.6 is 0 Å². The molecule has 18 heavy (non-hydrogen) atoms. The third-order valence-electron chi connectivity index (χ3n) is 3.52. The normalized spacial score (nSPS) is 13.8. The zero-order valence-electron chi connectivity index (χ0n) is 11.8. The predicted octanol–water partition coefficient (Wildman–Crippen LogP) is 4.29. The van der Waals surface area contributed by atoms with Crippen LogP contribution in [0.15, 0.2) is 23.8 Å². The number of phenols is 1. The summed E-state index contributed by atoms with van der Waals surface area (Å²) in [6.07, 6.45) is 2.00. The van der Waals surface area contributed by atoms with E-state index in [1.54, 1.807) is 25.1 Å². The summed E-state index contributed by atoms with van der Waals surface area (Å²) in [4.78, 5) is 11.6. The van der Waals surface area contributed by atoms with E-state index >= 15 is 0 Å². The summed E-state index contributed by atoms with van der Waals surface area (Å²) in [5, 5.41) is 9.54. The monoisotopic (exact) mass is 246 g/mol. The number of hydrogen-bond donors (Lipinski definition) is 1. The molecule has 0 aromatic heterocycles. The molecule has 0 heterocycles. The maximum absolute atomic E-state index is 11.6. The maximum Gasteiger partial charge on any atom is 0.160 e. The summed E-state index contributed by atoms with van der Waals surface area (Å²) in [5.41, 5.74) is 2.67. The lowest BCUT2D eigenvalue weighted by Gasteiger charge is -2.17.